The summed E-state index contributed by atoms with van der Waals surface area (Å²) in [5, 5.41) is 2.80. The van der Waals surface area contributed by atoms with Gasteiger partial charge in [-0.3, -0.25) is 9.59 Å². The molecular weight excluding hydrogens is 336 g/mol. The number of ether oxygens (including phenoxy) is 1. The van der Waals surface area contributed by atoms with Crippen molar-refractivity contribution in [1.82, 2.24) is 0 Å². The first-order chi connectivity index (χ1) is 12.2. The molecule has 2 aromatic rings. The van der Waals surface area contributed by atoms with Crippen molar-refractivity contribution in [3.8, 4) is 5.75 Å². The van der Waals surface area contributed by atoms with E-state index in [2.05, 4.69) is 5.32 Å². The Hall–Kier alpha value is -2.47. The van der Waals surface area contributed by atoms with Crippen LogP contribution in [0.2, 0.25) is 0 Å². The average molecular weight is 356 g/mol. The molecular formula is C19H20N2O3S. The van der Waals surface area contributed by atoms with Crippen LogP contribution in [0.5, 0.6) is 5.75 Å². The van der Waals surface area contributed by atoms with Gasteiger partial charge in [0.1, 0.15) is 5.75 Å². The molecule has 0 bridgehead atoms. The second-order valence-corrected chi connectivity index (χ2v) is 6.75. The van der Waals surface area contributed by atoms with Crippen molar-refractivity contribution in [2.24, 2.45) is 0 Å². The number of nitrogens with one attached hydrogen (secondary N) is 1. The fourth-order valence-electron chi connectivity index (χ4n) is 2.74. The Balaban J connectivity index is 1.59. The lowest BCUT2D eigenvalue weighted by Crippen LogP contribution is -2.35. The molecule has 0 unspecified atom stereocenters. The van der Waals surface area contributed by atoms with Gasteiger partial charge in [-0.25, -0.2) is 0 Å². The third-order valence-corrected chi connectivity index (χ3v) is 5.02. The van der Waals surface area contributed by atoms with Gasteiger partial charge in [0.15, 0.2) is 0 Å². The zero-order valence-corrected chi connectivity index (χ0v) is 14.8. The van der Waals surface area contributed by atoms with Crippen molar-refractivity contribution in [3.05, 3.63) is 48.5 Å². The van der Waals surface area contributed by atoms with E-state index in [1.54, 1.807) is 35.9 Å². The quantitative estimate of drug-likeness (QED) is 0.890. The van der Waals surface area contributed by atoms with Crippen LogP contribution in [-0.2, 0) is 9.59 Å². The molecule has 0 atom stereocenters. The number of anilines is 2. The number of thioether (sulfide) groups is 1. The Morgan fingerprint density at radius 1 is 1.12 bits per heavy atom. The van der Waals surface area contributed by atoms with Crippen LogP contribution in [0.25, 0.3) is 0 Å². The number of hydrogen-bond donors (Lipinski definition) is 1. The maximum Gasteiger partial charge on any atom is 0.227 e. The predicted octanol–water partition coefficient (Wildman–Crippen LogP) is 3.55. The van der Waals surface area contributed by atoms with E-state index in [1.807, 2.05) is 36.4 Å². The molecule has 0 radical (unpaired) electrons. The maximum atomic E-state index is 12.6. The fraction of sp³-hybridized carbons (Fsp3) is 0.263. The van der Waals surface area contributed by atoms with E-state index >= 15 is 0 Å². The monoisotopic (exact) mass is 356 g/mol. The Morgan fingerprint density at radius 3 is 2.72 bits per heavy atom. The number of carbonyl (C=O) groups excluding carboxylic acids is 2. The van der Waals surface area contributed by atoms with E-state index < -0.39 is 0 Å². The van der Waals surface area contributed by atoms with E-state index in [0.29, 0.717) is 18.0 Å². The SMILES string of the molecule is COc1ccccc1NC(=O)CCC(=O)N1CCSc2ccccc21. The third kappa shape index (κ3) is 4.14. The van der Waals surface area contributed by atoms with Crippen molar-refractivity contribution in [2.45, 2.75) is 17.7 Å². The minimum Gasteiger partial charge on any atom is -0.495 e. The lowest BCUT2D eigenvalue weighted by Gasteiger charge is -2.29. The first-order valence-corrected chi connectivity index (χ1v) is 9.12. The Kier molecular flexibility index (Phi) is 5.60. The molecule has 130 valence electrons. The largest absolute Gasteiger partial charge is 0.495 e. The van der Waals surface area contributed by atoms with Crippen LogP contribution < -0.4 is 15.0 Å². The highest BCUT2D eigenvalue weighted by molar-refractivity contribution is 7.99. The van der Waals surface area contributed by atoms with E-state index in [4.69, 9.17) is 4.74 Å². The second kappa shape index (κ2) is 8.07. The second-order valence-electron chi connectivity index (χ2n) is 5.61. The summed E-state index contributed by atoms with van der Waals surface area (Å²) < 4.78 is 5.21. The molecule has 3 rings (SSSR count). The van der Waals surface area contributed by atoms with Gasteiger partial charge in [-0.15, -0.1) is 11.8 Å². The van der Waals surface area contributed by atoms with Gasteiger partial charge in [-0.05, 0) is 24.3 Å². The number of fused-ring (bicyclic) bond motifs is 1. The van der Waals surface area contributed by atoms with E-state index in [9.17, 15) is 9.59 Å². The lowest BCUT2D eigenvalue weighted by atomic mass is 10.2. The number of nitrogens with zero attached hydrogens (tertiary/aromatic N) is 1. The van der Waals surface area contributed by atoms with Gasteiger partial charge in [0.05, 0.1) is 18.5 Å². The van der Waals surface area contributed by atoms with Crippen LogP contribution in [0.1, 0.15) is 12.8 Å². The highest BCUT2D eigenvalue weighted by atomic mass is 32.2. The van der Waals surface area contributed by atoms with Gasteiger partial charge >= 0.3 is 0 Å². The van der Waals surface area contributed by atoms with Crippen LogP contribution in [0.4, 0.5) is 11.4 Å². The molecule has 0 fully saturated rings. The van der Waals surface area contributed by atoms with Crippen molar-refractivity contribution < 1.29 is 14.3 Å². The van der Waals surface area contributed by atoms with Crippen molar-refractivity contribution in [2.75, 3.05) is 29.6 Å². The molecule has 5 nitrogen and oxygen atoms in total. The molecule has 0 spiro atoms. The number of rotatable bonds is 5. The summed E-state index contributed by atoms with van der Waals surface area (Å²) in [6.07, 6.45) is 0.322. The van der Waals surface area contributed by atoms with Gasteiger partial charge in [0.25, 0.3) is 0 Å². The van der Waals surface area contributed by atoms with Gasteiger partial charge in [-0.1, -0.05) is 24.3 Å². The number of hydrogen-bond acceptors (Lipinski definition) is 4. The molecule has 1 aliphatic rings. The summed E-state index contributed by atoms with van der Waals surface area (Å²) >= 11 is 1.75. The Bertz CT molecular complexity index is 779. The molecule has 0 saturated carbocycles. The normalized spacial score (nSPS) is 13.1. The molecule has 0 saturated heterocycles. The average Bonchev–Trinajstić information content (AvgIpc) is 2.66. The Morgan fingerprint density at radius 2 is 1.88 bits per heavy atom. The number of carbonyl (C=O) groups is 2. The summed E-state index contributed by atoms with van der Waals surface area (Å²) in [4.78, 5) is 27.6. The molecule has 1 heterocycles. The van der Waals surface area contributed by atoms with Gasteiger partial charge in [0.2, 0.25) is 11.8 Å². The highest BCUT2D eigenvalue weighted by Crippen LogP contribution is 2.34. The lowest BCUT2D eigenvalue weighted by molar-refractivity contribution is -0.122. The summed E-state index contributed by atoms with van der Waals surface area (Å²) in [5.74, 6) is 1.25. The molecule has 2 aromatic carbocycles. The van der Waals surface area contributed by atoms with Crippen LogP contribution in [0.3, 0.4) is 0 Å². The minimum atomic E-state index is -0.197. The van der Waals surface area contributed by atoms with Crippen molar-refractivity contribution in [1.29, 1.82) is 0 Å². The van der Waals surface area contributed by atoms with Crippen LogP contribution in [0, 0.1) is 0 Å². The number of para-hydroxylation sites is 3. The number of amides is 2. The Labute approximate surface area is 151 Å². The van der Waals surface area contributed by atoms with Gasteiger partial charge in [-0.2, -0.15) is 0 Å². The molecule has 0 aliphatic carbocycles. The van der Waals surface area contributed by atoms with E-state index in [1.165, 1.54) is 0 Å². The molecule has 6 heteroatoms. The third-order valence-electron chi connectivity index (χ3n) is 3.98. The predicted molar refractivity (Wildman–Crippen MR) is 100 cm³/mol. The smallest absolute Gasteiger partial charge is 0.227 e. The zero-order chi connectivity index (χ0) is 17.6. The number of methoxy groups -OCH3 is 1. The zero-order valence-electron chi connectivity index (χ0n) is 14.0. The van der Waals surface area contributed by atoms with Crippen LogP contribution in [0.15, 0.2) is 53.4 Å². The van der Waals surface area contributed by atoms with Crippen molar-refractivity contribution in [3.63, 3.8) is 0 Å². The summed E-state index contributed by atoms with van der Waals surface area (Å²) in [6, 6.07) is 15.1. The molecule has 25 heavy (non-hydrogen) atoms. The highest BCUT2D eigenvalue weighted by Gasteiger charge is 2.23. The summed E-state index contributed by atoms with van der Waals surface area (Å²) in [6.45, 7) is 0.675. The summed E-state index contributed by atoms with van der Waals surface area (Å²) in [7, 11) is 1.56. The molecule has 1 aliphatic heterocycles. The minimum absolute atomic E-state index is 0.0251. The fourth-order valence-corrected chi connectivity index (χ4v) is 3.74. The van der Waals surface area contributed by atoms with Gasteiger partial charge in [0, 0.05) is 30.0 Å². The van der Waals surface area contributed by atoms with Gasteiger partial charge < -0.3 is 15.0 Å². The first-order valence-electron chi connectivity index (χ1n) is 8.14. The van der Waals surface area contributed by atoms with E-state index in [-0.39, 0.29) is 24.7 Å². The molecule has 0 aromatic heterocycles. The molecule has 2 amide bonds. The maximum absolute atomic E-state index is 12.6. The van der Waals surface area contributed by atoms with Crippen molar-refractivity contribution >= 4 is 35.0 Å². The first kappa shape index (κ1) is 17.4. The standard InChI is InChI=1S/C19H20N2O3S/c1-24-16-8-4-2-6-14(16)20-18(22)10-11-19(23)21-12-13-25-17-9-5-3-7-15(17)21/h2-9H,10-13H2,1H3,(H,20,22). The van der Waals surface area contributed by atoms with E-state index in [0.717, 1.165) is 16.3 Å². The van der Waals surface area contributed by atoms with Crippen LogP contribution in [-0.4, -0.2) is 31.2 Å². The topological polar surface area (TPSA) is 58.6 Å². The van der Waals surface area contributed by atoms with Crippen LogP contribution >= 0.6 is 11.8 Å². The number of benzene rings is 2. The summed E-state index contributed by atoms with van der Waals surface area (Å²) in [5.41, 5.74) is 1.55. The molecule has 1 N–H and O–H groups in total.